The van der Waals surface area contributed by atoms with Crippen molar-refractivity contribution in [2.24, 2.45) is 0 Å². The van der Waals surface area contributed by atoms with Crippen LogP contribution in [0.1, 0.15) is 11.1 Å². The van der Waals surface area contributed by atoms with Crippen molar-refractivity contribution in [3.63, 3.8) is 0 Å². The van der Waals surface area contributed by atoms with Crippen molar-refractivity contribution in [2.75, 3.05) is 0 Å². The molecule has 3 aromatic rings. The minimum atomic E-state index is -4.40. The maximum absolute atomic E-state index is 12.6. The van der Waals surface area contributed by atoms with E-state index in [1.165, 1.54) is 12.1 Å². The van der Waals surface area contributed by atoms with Crippen LogP contribution in [0.5, 0.6) is 11.5 Å². The molecule has 0 unspecified atom stereocenters. The molecule has 2 aromatic carbocycles. The third-order valence-electron chi connectivity index (χ3n) is 3.32. The minimum absolute atomic E-state index is 0.0544. The van der Waals surface area contributed by atoms with Crippen molar-refractivity contribution in [3.05, 3.63) is 59.8 Å². The molecule has 0 saturated carbocycles. The predicted octanol–water partition coefficient (Wildman–Crippen LogP) is 4.47. The Labute approximate surface area is 124 Å². The number of aromatic nitrogens is 1. The van der Waals surface area contributed by atoms with Gasteiger partial charge in [0.25, 0.3) is 0 Å². The molecule has 0 aliphatic heterocycles. The van der Waals surface area contributed by atoms with Crippen LogP contribution in [0.3, 0.4) is 0 Å². The number of ether oxygens (including phenoxy) is 1. The van der Waals surface area contributed by atoms with Gasteiger partial charge >= 0.3 is 6.18 Å². The van der Waals surface area contributed by atoms with E-state index >= 15 is 0 Å². The molecular formula is C16H12F3NO2. The Kier molecular flexibility index (Phi) is 3.44. The summed E-state index contributed by atoms with van der Waals surface area (Å²) in [6.45, 7) is 0.0544. The van der Waals surface area contributed by atoms with Crippen LogP contribution < -0.4 is 4.74 Å². The summed E-state index contributed by atoms with van der Waals surface area (Å²) < 4.78 is 43.4. The van der Waals surface area contributed by atoms with Crippen molar-refractivity contribution in [1.82, 2.24) is 4.98 Å². The van der Waals surface area contributed by atoms with Gasteiger partial charge in [0.2, 0.25) is 0 Å². The van der Waals surface area contributed by atoms with Gasteiger partial charge in [-0.2, -0.15) is 13.2 Å². The van der Waals surface area contributed by atoms with Crippen LogP contribution in [-0.2, 0) is 12.8 Å². The Hall–Kier alpha value is -2.63. The van der Waals surface area contributed by atoms with Gasteiger partial charge in [0, 0.05) is 22.7 Å². The quantitative estimate of drug-likeness (QED) is 0.750. The molecule has 6 heteroatoms. The number of aromatic amines is 1. The van der Waals surface area contributed by atoms with Crippen LogP contribution >= 0.6 is 0 Å². The molecule has 1 aromatic heterocycles. The van der Waals surface area contributed by atoms with Crippen molar-refractivity contribution in [3.8, 4) is 11.5 Å². The van der Waals surface area contributed by atoms with Crippen molar-refractivity contribution in [2.45, 2.75) is 12.8 Å². The summed E-state index contributed by atoms with van der Waals surface area (Å²) in [5, 5.41) is 10.5. The van der Waals surface area contributed by atoms with Gasteiger partial charge in [-0.15, -0.1) is 0 Å². The maximum Gasteiger partial charge on any atom is 0.416 e. The second kappa shape index (κ2) is 5.29. The van der Waals surface area contributed by atoms with E-state index in [2.05, 4.69) is 4.98 Å². The molecule has 3 rings (SSSR count). The molecule has 0 fully saturated rings. The Bertz CT molecular complexity index is 809. The molecule has 0 spiro atoms. The van der Waals surface area contributed by atoms with E-state index in [4.69, 9.17) is 4.74 Å². The smallest absolute Gasteiger partial charge is 0.416 e. The van der Waals surface area contributed by atoms with E-state index in [1.54, 1.807) is 24.4 Å². The molecule has 3 nitrogen and oxygen atoms in total. The number of hydrogen-bond donors (Lipinski definition) is 2. The first kappa shape index (κ1) is 14.3. The summed E-state index contributed by atoms with van der Waals surface area (Å²) >= 11 is 0. The Morgan fingerprint density at radius 3 is 2.64 bits per heavy atom. The third kappa shape index (κ3) is 2.72. The van der Waals surface area contributed by atoms with Crippen LogP contribution in [0.4, 0.5) is 13.2 Å². The van der Waals surface area contributed by atoms with Crippen LogP contribution in [0.15, 0.2) is 48.7 Å². The van der Waals surface area contributed by atoms with Crippen LogP contribution in [-0.4, -0.2) is 10.1 Å². The largest absolute Gasteiger partial charge is 0.507 e. The number of fused-ring (bicyclic) bond motifs is 1. The molecule has 22 heavy (non-hydrogen) atoms. The molecular weight excluding hydrogens is 295 g/mol. The predicted molar refractivity (Wildman–Crippen MR) is 75.7 cm³/mol. The van der Waals surface area contributed by atoms with Gasteiger partial charge < -0.3 is 14.8 Å². The molecule has 0 aliphatic rings. The van der Waals surface area contributed by atoms with Gasteiger partial charge in [-0.1, -0.05) is 12.1 Å². The zero-order chi connectivity index (χ0) is 15.7. The zero-order valence-electron chi connectivity index (χ0n) is 11.3. The zero-order valence-corrected chi connectivity index (χ0v) is 11.3. The third-order valence-corrected chi connectivity index (χ3v) is 3.32. The van der Waals surface area contributed by atoms with Crippen molar-refractivity contribution >= 4 is 10.9 Å². The van der Waals surface area contributed by atoms with E-state index < -0.39 is 11.7 Å². The van der Waals surface area contributed by atoms with E-state index in [9.17, 15) is 18.3 Å². The Balaban J connectivity index is 1.83. The SMILES string of the molecule is Oc1cccc2[nH]cc(COc3cccc(C(F)(F)F)c3)c12. The highest BCUT2D eigenvalue weighted by Gasteiger charge is 2.30. The highest BCUT2D eigenvalue weighted by atomic mass is 19.4. The second-order valence-corrected chi connectivity index (χ2v) is 4.83. The molecule has 2 N–H and O–H groups in total. The number of rotatable bonds is 3. The molecule has 0 atom stereocenters. The van der Waals surface area contributed by atoms with Gasteiger partial charge in [0.05, 0.1) is 5.56 Å². The average Bonchev–Trinajstić information content (AvgIpc) is 2.89. The Morgan fingerprint density at radius 1 is 1.09 bits per heavy atom. The molecule has 0 aliphatic carbocycles. The normalized spacial score (nSPS) is 11.8. The summed E-state index contributed by atoms with van der Waals surface area (Å²) in [7, 11) is 0. The van der Waals surface area contributed by atoms with Gasteiger partial charge in [-0.25, -0.2) is 0 Å². The number of alkyl halides is 3. The highest BCUT2D eigenvalue weighted by molar-refractivity contribution is 5.88. The number of H-pyrrole nitrogens is 1. The van der Waals surface area contributed by atoms with E-state index in [0.717, 1.165) is 17.6 Å². The number of halogens is 3. The van der Waals surface area contributed by atoms with E-state index in [-0.39, 0.29) is 18.1 Å². The lowest BCUT2D eigenvalue weighted by atomic mass is 10.1. The molecule has 0 radical (unpaired) electrons. The van der Waals surface area contributed by atoms with Crippen molar-refractivity contribution in [1.29, 1.82) is 0 Å². The summed E-state index contributed by atoms with van der Waals surface area (Å²) in [4.78, 5) is 2.98. The summed E-state index contributed by atoms with van der Waals surface area (Å²) in [6.07, 6.45) is -2.74. The maximum atomic E-state index is 12.6. The average molecular weight is 307 g/mol. The first-order valence-corrected chi connectivity index (χ1v) is 6.53. The summed E-state index contributed by atoms with van der Waals surface area (Å²) in [6, 6.07) is 9.74. The lowest BCUT2D eigenvalue weighted by Gasteiger charge is -2.10. The van der Waals surface area contributed by atoms with E-state index in [1.807, 2.05) is 0 Å². The fourth-order valence-electron chi connectivity index (χ4n) is 2.27. The second-order valence-electron chi connectivity index (χ2n) is 4.83. The monoisotopic (exact) mass is 307 g/mol. The number of aromatic hydroxyl groups is 1. The molecule has 0 bridgehead atoms. The lowest BCUT2D eigenvalue weighted by molar-refractivity contribution is -0.137. The summed E-state index contributed by atoms with van der Waals surface area (Å²) in [5.41, 5.74) is 0.653. The highest BCUT2D eigenvalue weighted by Crippen LogP contribution is 2.32. The molecule has 114 valence electrons. The van der Waals surface area contributed by atoms with E-state index in [0.29, 0.717) is 10.9 Å². The molecule has 1 heterocycles. The number of benzene rings is 2. The molecule has 0 amide bonds. The minimum Gasteiger partial charge on any atom is -0.507 e. The van der Waals surface area contributed by atoms with Crippen LogP contribution in [0.2, 0.25) is 0 Å². The first-order chi connectivity index (χ1) is 10.4. The van der Waals surface area contributed by atoms with Gasteiger partial charge in [-0.3, -0.25) is 0 Å². The fraction of sp³-hybridized carbons (Fsp3) is 0.125. The first-order valence-electron chi connectivity index (χ1n) is 6.53. The summed E-state index contributed by atoms with van der Waals surface area (Å²) in [5.74, 6) is 0.223. The number of nitrogens with one attached hydrogen (secondary N) is 1. The van der Waals surface area contributed by atoms with Crippen LogP contribution in [0, 0.1) is 0 Å². The molecule has 0 saturated heterocycles. The van der Waals surface area contributed by atoms with Crippen LogP contribution in [0.25, 0.3) is 10.9 Å². The topological polar surface area (TPSA) is 45.2 Å². The van der Waals surface area contributed by atoms with Gasteiger partial charge in [0.15, 0.2) is 0 Å². The lowest BCUT2D eigenvalue weighted by Crippen LogP contribution is -2.05. The Morgan fingerprint density at radius 2 is 1.86 bits per heavy atom. The number of phenolic OH excluding ortho intramolecular Hbond substituents is 1. The van der Waals surface area contributed by atoms with Gasteiger partial charge in [0.1, 0.15) is 18.1 Å². The standard InChI is InChI=1S/C16H12F3NO2/c17-16(18,19)11-3-1-4-12(7-11)22-9-10-8-20-13-5-2-6-14(21)15(10)13/h1-8,20-21H,9H2. The van der Waals surface area contributed by atoms with Gasteiger partial charge in [-0.05, 0) is 30.3 Å². The fourth-order valence-corrected chi connectivity index (χ4v) is 2.27. The number of hydrogen-bond acceptors (Lipinski definition) is 2. The number of phenols is 1. The van der Waals surface area contributed by atoms with Crippen molar-refractivity contribution < 1.29 is 23.0 Å².